The Hall–Kier alpha value is -2.06. The fourth-order valence-electron chi connectivity index (χ4n) is 2.82. The van der Waals surface area contributed by atoms with Crippen molar-refractivity contribution in [2.24, 2.45) is 0 Å². The molecule has 0 aliphatic heterocycles. The highest BCUT2D eigenvalue weighted by Gasteiger charge is 2.29. The van der Waals surface area contributed by atoms with E-state index in [0.717, 1.165) is 38.5 Å². The van der Waals surface area contributed by atoms with Crippen LogP contribution < -0.4 is 10.1 Å². The van der Waals surface area contributed by atoms with Crippen molar-refractivity contribution in [3.63, 3.8) is 0 Å². The van der Waals surface area contributed by atoms with Crippen LogP contribution in [0.2, 0.25) is 0 Å². The number of nitrogens with zero attached hydrogens (tertiary/aromatic N) is 1. The molecule has 1 atom stereocenters. The van der Waals surface area contributed by atoms with Crippen LogP contribution in [0.5, 0.6) is 5.75 Å². The number of benzene rings is 1. The van der Waals surface area contributed by atoms with Crippen LogP contribution in [0.3, 0.4) is 0 Å². The molecular weight excluding hydrogens is 292 g/mol. The Kier molecular flexibility index (Phi) is 6.00. The third kappa shape index (κ3) is 5.26. The molecule has 5 nitrogen and oxygen atoms in total. The highest BCUT2D eigenvalue weighted by molar-refractivity contribution is 5.80. The van der Waals surface area contributed by atoms with Gasteiger partial charge in [-0.1, -0.05) is 25.7 Å². The summed E-state index contributed by atoms with van der Waals surface area (Å²) in [6.45, 7) is 1.94. The highest BCUT2D eigenvalue weighted by Crippen LogP contribution is 2.26. The zero-order valence-electron chi connectivity index (χ0n) is 13.5. The molecule has 1 aliphatic rings. The molecule has 0 radical (unpaired) electrons. The fraction of sp³-hybridized carbons (Fsp3) is 0.556. The summed E-state index contributed by atoms with van der Waals surface area (Å²) in [5.74, 6) is 0.298. The van der Waals surface area contributed by atoms with Gasteiger partial charge in [0.2, 0.25) is 0 Å². The van der Waals surface area contributed by atoms with Crippen LogP contribution in [0.25, 0.3) is 0 Å². The first-order chi connectivity index (χ1) is 11.0. The second-order valence-corrected chi connectivity index (χ2v) is 6.25. The maximum atomic E-state index is 12.1. The molecule has 1 aromatic carbocycles. The van der Waals surface area contributed by atoms with Crippen molar-refractivity contribution in [3.8, 4) is 11.8 Å². The molecule has 1 aliphatic carbocycles. The third-order valence-corrected chi connectivity index (χ3v) is 4.29. The Morgan fingerprint density at radius 2 is 1.91 bits per heavy atom. The molecule has 0 aromatic heterocycles. The quantitative estimate of drug-likeness (QED) is 0.818. The Balaban J connectivity index is 1.83. The minimum Gasteiger partial charge on any atom is -0.481 e. The smallest absolute Gasteiger partial charge is 0.260 e. The lowest BCUT2D eigenvalue weighted by Gasteiger charge is -2.27. The number of hydrogen-bond donors (Lipinski definition) is 2. The number of nitriles is 1. The van der Waals surface area contributed by atoms with Crippen molar-refractivity contribution in [2.45, 2.75) is 57.2 Å². The SMILES string of the molecule is CC(Oc1ccc(C#N)cc1)C(=O)NCC1(O)CCCCCC1. The third-order valence-electron chi connectivity index (χ3n) is 4.29. The van der Waals surface area contributed by atoms with E-state index < -0.39 is 11.7 Å². The molecule has 5 heteroatoms. The van der Waals surface area contributed by atoms with Gasteiger partial charge >= 0.3 is 0 Å². The van der Waals surface area contributed by atoms with Crippen molar-refractivity contribution < 1.29 is 14.6 Å². The number of ether oxygens (including phenoxy) is 1. The van der Waals surface area contributed by atoms with Crippen molar-refractivity contribution in [2.75, 3.05) is 6.54 Å². The summed E-state index contributed by atoms with van der Waals surface area (Å²) in [5, 5.41) is 22.1. The highest BCUT2D eigenvalue weighted by atomic mass is 16.5. The Morgan fingerprint density at radius 1 is 1.30 bits per heavy atom. The maximum absolute atomic E-state index is 12.1. The fourth-order valence-corrected chi connectivity index (χ4v) is 2.82. The van der Waals surface area contributed by atoms with Crippen LogP contribution in [0.15, 0.2) is 24.3 Å². The Bertz CT molecular complexity index is 555. The van der Waals surface area contributed by atoms with Gasteiger partial charge < -0.3 is 15.2 Å². The van der Waals surface area contributed by atoms with Crippen LogP contribution in [-0.2, 0) is 4.79 Å². The number of rotatable bonds is 5. The molecule has 23 heavy (non-hydrogen) atoms. The van der Waals surface area contributed by atoms with Crippen molar-refractivity contribution in [3.05, 3.63) is 29.8 Å². The lowest BCUT2D eigenvalue weighted by atomic mass is 9.94. The number of amides is 1. The number of nitrogens with one attached hydrogen (secondary N) is 1. The summed E-state index contributed by atoms with van der Waals surface area (Å²) in [7, 11) is 0. The summed E-state index contributed by atoms with van der Waals surface area (Å²) in [4.78, 5) is 12.1. The van der Waals surface area contributed by atoms with Crippen LogP contribution in [0.1, 0.15) is 51.0 Å². The molecule has 0 saturated heterocycles. The molecule has 1 aromatic rings. The van der Waals surface area contributed by atoms with Crippen molar-refractivity contribution >= 4 is 5.91 Å². The monoisotopic (exact) mass is 316 g/mol. The zero-order chi connectivity index (χ0) is 16.7. The van der Waals surface area contributed by atoms with E-state index in [-0.39, 0.29) is 12.5 Å². The van der Waals surface area contributed by atoms with Gasteiger partial charge in [-0.2, -0.15) is 5.26 Å². The first kappa shape index (κ1) is 17.3. The summed E-state index contributed by atoms with van der Waals surface area (Å²) < 4.78 is 5.57. The van der Waals surface area contributed by atoms with Crippen LogP contribution in [-0.4, -0.2) is 29.3 Å². The van der Waals surface area contributed by atoms with E-state index in [4.69, 9.17) is 10.00 Å². The molecular formula is C18H24N2O3. The number of hydrogen-bond acceptors (Lipinski definition) is 4. The summed E-state index contributed by atoms with van der Waals surface area (Å²) >= 11 is 0. The number of aliphatic hydroxyl groups is 1. The molecule has 124 valence electrons. The molecule has 0 heterocycles. The Labute approximate surface area is 137 Å². The minimum absolute atomic E-state index is 0.243. The van der Waals surface area contributed by atoms with Gasteiger partial charge in [0, 0.05) is 6.54 Å². The summed E-state index contributed by atoms with van der Waals surface area (Å²) in [6, 6.07) is 8.66. The normalized spacial score (nSPS) is 18.3. The average Bonchev–Trinajstić information content (AvgIpc) is 2.78. The van der Waals surface area contributed by atoms with Gasteiger partial charge in [0.05, 0.1) is 17.2 Å². The number of carbonyl (C=O) groups is 1. The van der Waals surface area contributed by atoms with Crippen molar-refractivity contribution in [1.29, 1.82) is 5.26 Å². The standard InChI is InChI=1S/C18H24N2O3/c1-14(23-16-8-6-15(12-19)7-9-16)17(21)20-13-18(22)10-4-2-3-5-11-18/h6-9,14,22H,2-5,10-11,13H2,1H3,(H,20,21). The van der Waals surface area contributed by atoms with Crippen molar-refractivity contribution in [1.82, 2.24) is 5.32 Å². The molecule has 1 fully saturated rings. The van der Waals surface area contributed by atoms with Gasteiger partial charge in [-0.25, -0.2) is 0 Å². The van der Waals surface area contributed by atoms with E-state index in [1.807, 2.05) is 6.07 Å². The maximum Gasteiger partial charge on any atom is 0.260 e. The topological polar surface area (TPSA) is 82.3 Å². The van der Waals surface area contributed by atoms with Gasteiger partial charge in [-0.05, 0) is 44.0 Å². The molecule has 0 spiro atoms. The van der Waals surface area contributed by atoms with Gasteiger partial charge in [0.15, 0.2) is 6.10 Å². The average molecular weight is 316 g/mol. The molecule has 1 unspecified atom stereocenters. The van der Waals surface area contributed by atoms with Gasteiger partial charge in [0.1, 0.15) is 5.75 Å². The molecule has 2 rings (SSSR count). The first-order valence-corrected chi connectivity index (χ1v) is 8.19. The lowest BCUT2D eigenvalue weighted by Crippen LogP contribution is -2.46. The van der Waals surface area contributed by atoms with Crippen LogP contribution >= 0.6 is 0 Å². The number of carbonyl (C=O) groups excluding carboxylic acids is 1. The summed E-state index contributed by atoms with van der Waals surface area (Å²) in [6.07, 6.45) is 5.12. The molecule has 2 N–H and O–H groups in total. The Morgan fingerprint density at radius 3 is 2.48 bits per heavy atom. The van der Waals surface area contributed by atoms with E-state index in [1.54, 1.807) is 31.2 Å². The van der Waals surface area contributed by atoms with E-state index in [0.29, 0.717) is 11.3 Å². The zero-order valence-corrected chi connectivity index (χ0v) is 13.5. The van der Waals surface area contributed by atoms with E-state index in [2.05, 4.69) is 5.32 Å². The van der Waals surface area contributed by atoms with E-state index in [1.165, 1.54) is 0 Å². The predicted molar refractivity (Wildman–Crippen MR) is 86.9 cm³/mol. The van der Waals surface area contributed by atoms with E-state index in [9.17, 15) is 9.90 Å². The van der Waals surface area contributed by atoms with Gasteiger partial charge in [-0.15, -0.1) is 0 Å². The summed E-state index contributed by atoms with van der Waals surface area (Å²) in [5.41, 5.74) is -0.245. The molecule has 1 amide bonds. The van der Waals surface area contributed by atoms with Gasteiger partial charge in [-0.3, -0.25) is 4.79 Å². The van der Waals surface area contributed by atoms with E-state index >= 15 is 0 Å². The predicted octanol–water partition coefficient (Wildman–Crippen LogP) is 2.53. The largest absolute Gasteiger partial charge is 0.481 e. The van der Waals surface area contributed by atoms with Crippen LogP contribution in [0.4, 0.5) is 0 Å². The van der Waals surface area contributed by atoms with Crippen LogP contribution in [0, 0.1) is 11.3 Å². The second kappa shape index (κ2) is 7.98. The lowest BCUT2D eigenvalue weighted by molar-refractivity contribution is -0.128. The molecule has 0 bridgehead atoms. The second-order valence-electron chi connectivity index (χ2n) is 6.25. The molecule has 1 saturated carbocycles. The first-order valence-electron chi connectivity index (χ1n) is 8.19. The minimum atomic E-state index is -0.791. The van der Waals surface area contributed by atoms with Gasteiger partial charge in [0.25, 0.3) is 5.91 Å².